The molecule has 1 aromatic carbocycles. The van der Waals surface area contributed by atoms with Crippen molar-refractivity contribution in [2.24, 2.45) is 17.3 Å². The van der Waals surface area contributed by atoms with Crippen LogP contribution in [0.2, 0.25) is 0 Å². The monoisotopic (exact) mass is 548 g/mol. The summed E-state index contributed by atoms with van der Waals surface area (Å²) >= 11 is 0. The van der Waals surface area contributed by atoms with Crippen LogP contribution >= 0.6 is 0 Å². The molecule has 3 aliphatic rings. The molecule has 5 rings (SSSR count). The average Bonchev–Trinajstić information content (AvgIpc) is 3.61. The molecule has 40 heavy (non-hydrogen) atoms. The minimum atomic E-state index is -0.771. The predicted molar refractivity (Wildman–Crippen MR) is 151 cm³/mol. The van der Waals surface area contributed by atoms with E-state index in [1.807, 2.05) is 24.3 Å². The molecular formula is C32H40N2O6. The Balaban J connectivity index is 1.52. The second-order valence-electron chi connectivity index (χ2n) is 12.1. The number of aromatic nitrogens is 1. The lowest BCUT2D eigenvalue weighted by molar-refractivity contribution is -0.157. The smallest absolute Gasteiger partial charge is 0.328 e. The molecule has 8 heteroatoms. The highest BCUT2D eigenvalue weighted by Gasteiger charge is 2.46. The molecular weight excluding hydrogens is 508 g/mol. The molecule has 1 amide bonds. The number of amides is 1. The zero-order chi connectivity index (χ0) is 28.3. The van der Waals surface area contributed by atoms with Gasteiger partial charge in [0.25, 0.3) is 0 Å². The van der Waals surface area contributed by atoms with E-state index >= 15 is 0 Å². The third kappa shape index (κ3) is 6.31. The van der Waals surface area contributed by atoms with Gasteiger partial charge in [-0.25, -0.2) is 9.78 Å². The number of nitrogens with zero attached hydrogens (tertiary/aromatic N) is 2. The first kappa shape index (κ1) is 28.1. The van der Waals surface area contributed by atoms with Gasteiger partial charge in [0.15, 0.2) is 0 Å². The lowest BCUT2D eigenvalue weighted by Crippen LogP contribution is -2.46. The van der Waals surface area contributed by atoms with E-state index in [4.69, 9.17) is 14.2 Å². The van der Waals surface area contributed by atoms with E-state index in [1.165, 1.54) is 0 Å². The van der Waals surface area contributed by atoms with E-state index < -0.39 is 24.0 Å². The van der Waals surface area contributed by atoms with Crippen molar-refractivity contribution >= 4 is 34.7 Å². The Morgan fingerprint density at radius 3 is 2.75 bits per heavy atom. The molecule has 0 N–H and O–H groups in total. The molecule has 3 atom stereocenters. The maximum atomic E-state index is 14.1. The molecule has 214 valence electrons. The van der Waals surface area contributed by atoms with Crippen LogP contribution in [0.15, 0.2) is 36.5 Å². The minimum absolute atomic E-state index is 0.0123. The van der Waals surface area contributed by atoms with Crippen molar-refractivity contribution < 1.29 is 28.6 Å². The van der Waals surface area contributed by atoms with E-state index in [1.54, 1.807) is 18.0 Å². The van der Waals surface area contributed by atoms with Gasteiger partial charge in [0.05, 0.1) is 32.1 Å². The largest absolute Gasteiger partial charge is 0.472 e. The number of hydrogen-bond acceptors (Lipinski definition) is 7. The summed E-state index contributed by atoms with van der Waals surface area (Å²) in [6.45, 7) is 6.59. The van der Waals surface area contributed by atoms with Gasteiger partial charge in [-0.3, -0.25) is 9.59 Å². The Kier molecular flexibility index (Phi) is 8.43. The van der Waals surface area contributed by atoms with Gasteiger partial charge in [-0.15, -0.1) is 0 Å². The van der Waals surface area contributed by atoms with Crippen LogP contribution in [0.1, 0.15) is 71.3 Å². The number of hydrogen-bond donors (Lipinski definition) is 0. The van der Waals surface area contributed by atoms with Gasteiger partial charge in [-0.05, 0) is 55.2 Å². The van der Waals surface area contributed by atoms with Crippen LogP contribution in [0.5, 0.6) is 5.88 Å². The van der Waals surface area contributed by atoms with E-state index in [0.717, 1.165) is 48.4 Å². The van der Waals surface area contributed by atoms with Crippen molar-refractivity contribution in [1.82, 2.24) is 9.88 Å². The Labute approximate surface area is 236 Å². The summed E-state index contributed by atoms with van der Waals surface area (Å²) in [6, 6.07) is 7.29. The lowest BCUT2D eigenvalue weighted by atomic mass is 9.86. The molecule has 0 spiro atoms. The Hall–Kier alpha value is -3.42. The van der Waals surface area contributed by atoms with E-state index in [-0.39, 0.29) is 49.4 Å². The van der Waals surface area contributed by atoms with Crippen LogP contribution in [-0.2, 0) is 23.9 Å². The maximum Gasteiger partial charge on any atom is 0.328 e. The predicted octanol–water partition coefficient (Wildman–Crippen LogP) is 5.33. The zero-order valence-corrected chi connectivity index (χ0v) is 23.8. The number of carbonyl (C=O) groups is 3. The normalized spacial score (nSPS) is 26.7. The molecule has 2 aromatic rings. The summed E-state index contributed by atoms with van der Waals surface area (Å²) in [5, 5.41) is 1.87. The number of pyridine rings is 1. The molecule has 4 bridgehead atoms. The molecule has 8 nitrogen and oxygen atoms in total. The number of fused-ring (bicyclic) bond motifs is 3. The molecule has 1 aliphatic carbocycles. The second kappa shape index (κ2) is 12.0. The molecule has 2 aliphatic heterocycles. The molecule has 0 radical (unpaired) electrons. The molecule has 3 heterocycles. The van der Waals surface area contributed by atoms with Gasteiger partial charge in [0.1, 0.15) is 12.1 Å². The van der Waals surface area contributed by atoms with Gasteiger partial charge in [0, 0.05) is 23.4 Å². The van der Waals surface area contributed by atoms with Crippen LogP contribution in [0.4, 0.5) is 0 Å². The summed E-state index contributed by atoms with van der Waals surface area (Å²) in [7, 11) is 0. The topological polar surface area (TPSA) is 95.0 Å². The lowest BCUT2D eigenvalue weighted by Gasteiger charge is -2.30. The third-order valence-electron chi connectivity index (χ3n) is 8.41. The summed E-state index contributed by atoms with van der Waals surface area (Å²) in [6.07, 6.45) is 10.3. The second-order valence-corrected chi connectivity index (χ2v) is 12.1. The van der Waals surface area contributed by atoms with Crippen LogP contribution in [0.3, 0.4) is 0 Å². The van der Waals surface area contributed by atoms with Crippen molar-refractivity contribution in [2.75, 3.05) is 19.8 Å². The van der Waals surface area contributed by atoms with E-state index in [0.29, 0.717) is 12.3 Å². The van der Waals surface area contributed by atoms with E-state index in [9.17, 15) is 14.4 Å². The summed E-state index contributed by atoms with van der Waals surface area (Å²) in [4.78, 5) is 46.4. The summed E-state index contributed by atoms with van der Waals surface area (Å²) in [5.41, 5.74) is 0.736. The highest BCUT2D eigenvalue weighted by molar-refractivity contribution is 5.90. The number of ether oxygens (including phenoxy) is 3. The third-order valence-corrected chi connectivity index (χ3v) is 8.41. The van der Waals surface area contributed by atoms with Crippen molar-refractivity contribution in [3.05, 3.63) is 42.1 Å². The summed E-state index contributed by atoms with van der Waals surface area (Å²) < 4.78 is 17.5. The Morgan fingerprint density at radius 2 is 1.98 bits per heavy atom. The summed E-state index contributed by atoms with van der Waals surface area (Å²) in [5.74, 6) is -0.975. The number of cyclic esters (lactones) is 1. The molecule has 0 unspecified atom stereocenters. The first-order valence-corrected chi connectivity index (χ1v) is 14.6. The fraction of sp³-hybridized carbons (Fsp3) is 0.562. The van der Waals surface area contributed by atoms with Crippen LogP contribution in [-0.4, -0.2) is 59.6 Å². The van der Waals surface area contributed by atoms with Gasteiger partial charge in [-0.1, -0.05) is 51.0 Å². The van der Waals surface area contributed by atoms with Crippen molar-refractivity contribution in [1.29, 1.82) is 0 Å². The average molecular weight is 549 g/mol. The van der Waals surface area contributed by atoms with Gasteiger partial charge < -0.3 is 19.1 Å². The first-order chi connectivity index (χ1) is 19.2. The maximum absolute atomic E-state index is 14.1. The number of carbonyl (C=O) groups excluding carboxylic acids is 3. The van der Waals surface area contributed by atoms with Crippen molar-refractivity contribution in [3.8, 4) is 5.88 Å². The Bertz CT molecular complexity index is 1280. The number of allylic oxidation sites excluding steroid dienone is 1. The van der Waals surface area contributed by atoms with Crippen molar-refractivity contribution in [2.45, 2.75) is 77.9 Å². The molecule has 1 aromatic heterocycles. The zero-order valence-electron chi connectivity index (χ0n) is 23.8. The Morgan fingerprint density at radius 1 is 1.18 bits per heavy atom. The highest BCUT2D eigenvalue weighted by atomic mass is 16.5. The van der Waals surface area contributed by atoms with E-state index in [2.05, 4.69) is 31.0 Å². The quantitative estimate of drug-likeness (QED) is 0.479. The number of esters is 2. The standard InChI is InChI=1S/C32H40N2O6/c1-4-38-31(37)27-17-24-19-34(27)30(36)26(22-9-5-6-10-22)18-28(35)39-20-32(2,3)14-7-8-21-11-12-23-13-15-33-29(40-24)25(23)16-21/h7-8,11-13,15-16,22,24,26-27H,4-6,9-10,14,17-20H2,1-3H3/b8-7+/t24-,26+,27+/m1/s1. The fourth-order valence-electron chi connectivity index (χ4n) is 6.22. The van der Waals surface area contributed by atoms with Crippen LogP contribution in [0.25, 0.3) is 16.8 Å². The SMILES string of the molecule is CCOC(=O)[C@@H]1C[C@@H]2CN1C(=O)[C@H](C1CCCC1)CC(=O)OCC(C)(C)C/C=C/c1ccc3ccnc(c3c1)O2. The number of benzene rings is 1. The fourth-order valence-corrected chi connectivity index (χ4v) is 6.22. The molecule has 2 fully saturated rings. The highest BCUT2D eigenvalue weighted by Crippen LogP contribution is 2.37. The molecule has 1 saturated heterocycles. The van der Waals surface area contributed by atoms with Gasteiger partial charge in [-0.2, -0.15) is 0 Å². The number of rotatable bonds is 3. The van der Waals surface area contributed by atoms with Crippen LogP contribution < -0.4 is 4.74 Å². The van der Waals surface area contributed by atoms with Crippen molar-refractivity contribution in [3.63, 3.8) is 0 Å². The van der Waals surface area contributed by atoms with Crippen LogP contribution in [0, 0.1) is 17.3 Å². The first-order valence-electron chi connectivity index (χ1n) is 14.6. The minimum Gasteiger partial charge on any atom is -0.472 e. The van der Waals surface area contributed by atoms with Gasteiger partial charge >= 0.3 is 11.9 Å². The molecule has 1 saturated carbocycles. The van der Waals surface area contributed by atoms with Gasteiger partial charge in [0.2, 0.25) is 11.8 Å².